The maximum absolute atomic E-state index is 5.62. The maximum Gasteiger partial charge on any atom is 0.122 e. The minimum atomic E-state index is 0.731. The molecule has 1 nitrogen and oxygen atoms in total. The first-order valence-electron chi connectivity index (χ1n) is 11.6. The number of ether oxygens (including phenoxy) is 1. The van der Waals surface area contributed by atoms with Crippen LogP contribution in [-0.2, 0) is 12.8 Å². The van der Waals surface area contributed by atoms with Crippen LogP contribution in [0, 0.1) is 5.92 Å². The van der Waals surface area contributed by atoms with Gasteiger partial charge in [-0.25, -0.2) is 0 Å². The Labute approximate surface area is 178 Å². The number of benzene rings is 2. The van der Waals surface area contributed by atoms with Crippen molar-refractivity contribution in [2.75, 3.05) is 7.11 Å². The van der Waals surface area contributed by atoms with E-state index in [-0.39, 0.29) is 0 Å². The SMILES string of the molecule is C=Cc1ccc(CC[C@H]2CC[C@H](c3ccc(OC)c(CCCCC)c3)CC2)cc1. The van der Waals surface area contributed by atoms with Crippen LogP contribution in [0.5, 0.6) is 5.75 Å². The summed E-state index contributed by atoms with van der Waals surface area (Å²) in [5.74, 6) is 2.68. The summed E-state index contributed by atoms with van der Waals surface area (Å²) in [6, 6.07) is 15.9. The van der Waals surface area contributed by atoms with Gasteiger partial charge < -0.3 is 4.74 Å². The molecule has 29 heavy (non-hydrogen) atoms. The molecule has 0 saturated heterocycles. The smallest absolute Gasteiger partial charge is 0.122 e. The summed E-state index contributed by atoms with van der Waals surface area (Å²) in [5, 5.41) is 0. The Kier molecular flexibility index (Phi) is 8.40. The van der Waals surface area contributed by atoms with Gasteiger partial charge in [-0.1, -0.05) is 68.8 Å². The van der Waals surface area contributed by atoms with Gasteiger partial charge in [-0.2, -0.15) is 0 Å². The van der Waals surface area contributed by atoms with Crippen molar-refractivity contribution in [3.63, 3.8) is 0 Å². The minimum absolute atomic E-state index is 0.731. The van der Waals surface area contributed by atoms with Crippen LogP contribution in [0.25, 0.3) is 6.08 Å². The predicted octanol–water partition coefficient (Wildman–Crippen LogP) is 7.98. The molecule has 0 amide bonds. The summed E-state index contributed by atoms with van der Waals surface area (Å²) in [4.78, 5) is 0. The second-order valence-electron chi connectivity index (χ2n) is 8.73. The van der Waals surface area contributed by atoms with E-state index in [0.29, 0.717) is 0 Å². The number of hydrogen-bond donors (Lipinski definition) is 0. The third kappa shape index (κ3) is 6.23. The summed E-state index contributed by atoms with van der Waals surface area (Å²) in [5.41, 5.74) is 5.62. The van der Waals surface area contributed by atoms with Gasteiger partial charge in [0.25, 0.3) is 0 Å². The first kappa shape index (κ1) is 21.7. The Balaban J connectivity index is 1.51. The van der Waals surface area contributed by atoms with Gasteiger partial charge in [-0.3, -0.25) is 0 Å². The number of hydrogen-bond acceptors (Lipinski definition) is 1. The van der Waals surface area contributed by atoms with Gasteiger partial charge in [0.05, 0.1) is 7.11 Å². The van der Waals surface area contributed by atoms with Crippen LogP contribution in [0.3, 0.4) is 0 Å². The largest absolute Gasteiger partial charge is 0.496 e. The zero-order chi connectivity index (χ0) is 20.5. The molecule has 1 heteroatoms. The Bertz CT molecular complexity index is 750. The van der Waals surface area contributed by atoms with E-state index in [1.807, 2.05) is 6.08 Å². The Morgan fingerprint density at radius 3 is 2.38 bits per heavy atom. The molecule has 0 aliphatic heterocycles. The fraction of sp³-hybridized carbons (Fsp3) is 0.500. The molecule has 0 atom stereocenters. The summed E-state index contributed by atoms with van der Waals surface area (Å²) in [6.07, 6.45) is 14.8. The zero-order valence-electron chi connectivity index (χ0n) is 18.5. The molecule has 0 bridgehead atoms. The quantitative estimate of drug-likeness (QED) is 0.374. The normalized spacial score (nSPS) is 19.1. The van der Waals surface area contributed by atoms with Crippen LogP contribution in [0.4, 0.5) is 0 Å². The van der Waals surface area contributed by atoms with Gasteiger partial charge in [0.2, 0.25) is 0 Å². The first-order chi connectivity index (χ1) is 14.2. The van der Waals surface area contributed by atoms with Crippen LogP contribution in [-0.4, -0.2) is 7.11 Å². The summed E-state index contributed by atoms with van der Waals surface area (Å²) in [6.45, 7) is 6.10. The average molecular weight is 391 g/mol. The van der Waals surface area contributed by atoms with Crippen LogP contribution in [0.1, 0.15) is 86.5 Å². The third-order valence-corrected chi connectivity index (χ3v) is 6.73. The van der Waals surface area contributed by atoms with E-state index in [1.165, 1.54) is 80.0 Å². The van der Waals surface area contributed by atoms with E-state index < -0.39 is 0 Å². The highest BCUT2D eigenvalue weighted by Gasteiger charge is 2.23. The lowest BCUT2D eigenvalue weighted by molar-refractivity contribution is 0.310. The van der Waals surface area contributed by atoms with E-state index in [0.717, 1.165) is 24.0 Å². The number of unbranched alkanes of at least 4 members (excludes halogenated alkanes) is 2. The summed E-state index contributed by atoms with van der Waals surface area (Å²) in [7, 11) is 1.80. The maximum atomic E-state index is 5.62. The third-order valence-electron chi connectivity index (χ3n) is 6.73. The number of aryl methyl sites for hydroxylation is 2. The lowest BCUT2D eigenvalue weighted by Crippen LogP contribution is -2.14. The predicted molar refractivity (Wildman–Crippen MR) is 126 cm³/mol. The van der Waals surface area contributed by atoms with E-state index in [9.17, 15) is 0 Å². The van der Waals surface area contributed by atoms with Crippen LogP contribution in [0.15, 0.2) is 49.0 Å². The Morgan fingerprint density at radius 1 is 0.966 bits per heavy atom. The monoisotopic (exact) mass is 390 g/mol. The summed E-state index contributed by atoms with van der Waals surface area (Å²) >= 11 is 0. The molecule has 1 saturated carbocycles. The molecule has 0 N–H and O–H groups in total. The van der Waals surface area contributed by atoms with Gasteiger partial charge in [-0.15, -0.1) is 0 Å². The lowest BCUT2D eigenvalue weighted by atomic mass is 9.76. The molecule has 0 spiro atoms. The highest BCUT2D eigenvalue weighted by molar-refractivity contribution is 5.47. The van der Waals surface area contributed by atoms with Crippen LogP contribution < -0.4 is 4.74 Å². The highest BCUT2D eigenvalue weighted by atomic mass is 16.5. The van der Waals surface area contributed by atoms with Gasteiger partial charge in [-0.05, 0) is 91.5 Å². The topological polar surface area (TPSA) is 9.23 Å². The average Bonchev–Trinajstić information content (AvgIpc) is 2.78. The molecule has 0 unspecified atom stereocenters. The number of rotatable bonds is 10. The Morgan fingerprint density at radius 2 is 1.72 bits per heavy atom. The van der Waals surface area contributed by atoms with Crippen molar-refractivity contribution in [3.05, 3.63) is 71.3 Å². The van der Waals surface area contributed by atoms with Crippen LogP contribution in [0.2, 0.25) is 0 Å². The molecule has 156 valence electrons. The molecule has 3 rings (SSSR count). The molecule has 1 fully saturated rings. The number of methoxy groups -OCH3 is 1. The molecular formula is C28H38O. The minimum Gasteiger partial charge on any atom is -0.496 e. The van der Waals surface area contributed by atoms with E-state index >= 15 is 0 Å². The second kappa shape index (κ2) is 11.2. The van der Waals surface area contributed by atoms with Gasteiger partial charge in [0.15, 0.2) is 0 Å². The van der Waals surface area contributed by atoms with Crippen molar-refractivity contribution < 1.29 is 4.74 Å². The van der Waals surface area contributed by atoms with E-state index in [4.69, 9.17) is 4.74 Å². The Hall–Kier alpha value is -2.02. The van der Waals surface area contributed by atoms with Gasteiger partial charge in [0, 0.05) is 0 Å². The van der Waals surface area contributed by atoms with Gasteiger partial charge >= 0.3 is 0 Å². The van der Waals surface area contributed by atoms with Crippen molar-refractivity contribution in [2.24, 2.45) is 5.92 Å². The lowest BCUT2D eigenvalue weighted by Gasteiger charge is -2.29. The van der Waals surface area contributed by atoms with Crippen molar-refractivity contribution in [1.82, 2.24) is 0 Å². The molecule has 0 radical (unpaired) electrons. The summed E-state index contributed by atoms with van der Waals surface area (Å²) < 4.78 is 5.62. The van der Waals surface area contributed by atoms with Crippen LogP contribution >= 0.6 is 0 Å². The van der Waals surface area contributed by atoms with E-state index in [2.05, 4.69) is 56.0 Å². The molecule has 0 aromatic heterocycles. The van der Waals surface area contributed by atoms with Crippen molar-refractivity contribution in [1.29, 1.82) is 0 Å². The standard InChI is InChI=1S/C28H38O/c1-4-6-7-8-27-21-26(19-20-28(27)29-3)25-17-15-24(16-18-25)14-13-23-11-9-22(5-2)10-12-23/h5,9-12,19-21,24-25H,2,4,6-8,13-18H2,1,3H3/t24-,25-. The molecule has 2 aromatic carbocycles. The molecule has 1 aliphatic rings. The van der Waals surface area contributed by atoms with Crippen molar-refractivity contribution in [2.45, 2.75) is 77.0 Å². The molecule has 1 aliphatic carbocycles. The fourth-order valence-corrected chi connectivity index (χ4v) is 4.79. The molecule has 2 aromatic rings. The van der Waals surface area contributed by atoms with E-state index in [1.54, 1.807) is 7.11 Å². The van der Waals surface area contributed by atoms with Gasteiger partial charge in [0.1, 0.15) is 5.75 Å². The zero-order valence-corrected chi connectivity index (χ0v) is 18.5. The fourth-order valence-electron chi connectivity index (χ4n) is 4.79. The van der Waals surface area contributed by atoms with Crippen molar-refractivity contribution in [3.8, 4) is 5.75 Å². The first-order valence-corrected chi connectivity index (χ1v) is 11.6. The molecular weight excluding hydrogens is 352 g/mol. The van der Waals surface area contributed by atoms with Crippen molar-refractivity contribution >= 4 is 6.08 Å². The molecule has 0 heterocycles. The highest BCUT2D eigenvalue weighted by Crippen LogP contribution is 2.39. The second-order valence-corrected chi connectivity index (χ2v) is 8.73.